The first-order valence-electron chi connectivity index (χ1n) is 6.17. The van der Waals surface area contributed by atoms with Crippen LogP contribution < -0.4 is 10.6 Å². The third-order valence-corrected chi connectivity index (χ3v) is 4.03. The SMILES string of the molecule is CC(C)CC(=O)Nc1sc2c(c1C#N)CCNC2. The van der Waals surface area contributed by atoms with Crippen LogP contribution in [-0.4, -0.2) is 12.5 Å². The Morgan fingerprint density at radius 3 is 3.06 bits per heavy atom. The second kappa shape index (κ2) is 5.51. The fourth-order valence-corrected chi connectivity index (χ4v) is 3.27. The number of hydrogen-bond donors (Lipinski definition) is 2. The highest BCUT2D eigenvalue weighted by atomic mass is 32.1. The van der Waals surface area contributed by atoms with Crippen LogP contribution in [0.3, 0.4) is 0 Å². The Kier molecular flexibility index (Phi) is 4.00. The Morgan fingerprint density at radius 1 is 1.61 bits per heavy atom. The molecule has 96 valence electrons. The van der Waals surface area contributed by atoms with Crippen molar-refractivity contribution >= 4 is 22.2 Å². The Morgan fingerprint density at radius 2 is 2.39 bits per heavy atom. The summed E-state index contributed by atoms with van der Waals surface area (Å²) in [7, 11) is 0. The third kappa shape index (κ3) is 2.71. The highest BCUT2D eigenvalue weighted by Crippen LogP contribution is 2.34. The molecule has 5 heteroatoms. The quantitative estimate of drug-likeness (QED) is 0.879. The highest BCUT2D eigenvalue weighted by Gasteiger charge is 2.21. The maximum absolute atomic E-state index is 11.8. The molecular weight excluding hydrogens is 246 g/mol. The van der Waals surface area contributed by atoms with Gasteiger partial charge in [-0.1, -0.05) is 13.8 Å². The van der Waals surface area contributed by atoms with Gasteiger partial charge in [0.1, 0.15) is 11.1 Å². The van der Waals surface area contributed by atoms with E-state index in [-0.39, 0.29) is 5.91 Å². The number of thiophene rings is 1. The van der Waals surface area contributed by atoms with E-state index in [0.717, 1.165) is 30.1 Å². The summed E-state index contributed by atoms with van der Waals surface area (Å²) in [5.74, 6) is 0.319. The first-order chi connectivity index (χ1) is 8.61. The number of hydrogen-bond acceptors (Lipinski definition) is 4. The Hall–Kier alpha value is -1.38. The maximum atomic E-state index is 11.8. The lowest BCUT2D eigenvalue weighted by Gasteiger charge is -2.11. The largest absolute Gasteiger partial charge is 0.317 e. The van der Waals surface area contributed by atoms with Crippen LogP contribution in [0.1, 0.15) is 36.3 Å². The fraction of sp³-hybridized carbons (Fsp3) is 0.538. The van der Waals surface area contributed by atoms with Crippen molar-refractivity contribution < 1.29 is 4.79 Å². The van der Waals surface area contributed by atoms with Crippen LogP contribution in [-0.2, 0) is 17.8 Å². The van der Waals surface area contributed by atoms with Crippen molar-refractivity contribution in [1.29, 1.82) is 5.26 Å². The Balaban J connectivity index is 2.21. The summed E-state index contributed by atoms with van der Waals surface area (Å²) in [5, 5.41) is 16.1. The smallest absolute Gasteiger partial charge is 0.225 e. The van der Waals surface area contributed by atoms with Gasteiger partial charge in [-0.15, -0.1) is 11.3 Å². The zero-order chi connectivity index (χ0) is 13.1. The Bertz CT molecular complexity index is 499. The zero-order valence-corrected chi connectivity index (χ0v) is 11.5. The molecule has 2 heterocycles. The molecule has 0 aromatic carbocycles. The molecule has 2 N–H and O–H groups in total. The molecule has 1 aliphatic heterocycles. The van der Waals surface area contributed by atoms with E-state index in [1.807, 2.05) is 13.8 Å². The molecule has 0 atom stereocenters. The molecule has 0 radical (unpaired) electrons. The van der Waals surface area contributed by atoms with Crippen LogP contribution >= 0.6 is 11.3 Å². The van der Waals surface area contributed by atoms with E-state index in [1.54, 1.807) is 0 Å². The predicted octanol–water partition coefficient (Wildman–Crippen LogP) is 2.25. The summed E-state index contributed by atoms with van der Waals surface area (Å²) < 4.78 is 0. The molecule has 0 bridgehead atoms. The highest BCUT2D eigenvalue weighted by molar-refractivity contribution is 7.16. The van der Waals surface area contributed by atoms with Gasteiger partial charge in [-0.2, -0.15) is 5.26 Å². The van der Waals surface area contributed by atoms with Crippen molar-refractivity contribution in [3.8, 4) is 6.07 Å². The van der Waals surface area contributed by atoms with Gasteiger partial charge in [-0.3, -0.25) is 4.79 Å². The number of carbonyl (C=O) groups is 1. The Labute approximate surface area is 111 Å². The first kappa shape index (κ1) is 13.1. The van der Waals surface area contributed by atoms with Crippen molar-refractivity contribution in [1.82, 2.24) is 5.32 Å². The number of amides is 1. The molecular formula is C13H17N3OS. The number of anilines is 1. The summed E-state index contributed by atoms with van der Waals surface area (Å²) in [5.41, 5.74) is 1.77. The lowest BCUT2D eigenvalue weighted by atomic mass is 10.0. The van der Waals surface area contributed by atoms with E-state index < -0.39 is 0 Å². The van der Waals surface area contributed by atoms with Crippen LogP contribution in [0.15, 0.2) is 0 Å². The number of carbonyl (C=O) groups excluding carboxylic acids is 1. The third-order valence-electron chi connectivity index (χ3n) is 2.89. The summed E-state index contributed by atoms with van der Waals surface area (Å²) in [6, 6.07) is 2.23. The molecule has 18 heavy (non-hydrogen) atoms. The van der Waals surface area contributed by atoms with Crippen LogP contribution in [0, 0.1) is 17.2 Å². The van der Waals surface area contributed by atoms with Gasteiger partial charge in [0.05, 0.1) is 5.56 Å². The fourth-order valence-electron chi connectivity index (χ4n) is 2.09. The number of rotatable bonds is 3. The van der Waals surface area contributed by atoms with Crippen LogP contribution in [0.25, 0.3) is 0 Å². The van der Waals surface area contributed by atoms with Crippen LogP contribution in [0.4, 0.5) is 5.00 Å². The molecule has 0 aliphatic carbocycles. The lowest BCUT2D eigenvalue weighted by molar-refractivity contribution is -0.116. The topological polar surface area (TPSA) is 64.9 Å². The van der Waals surface area contributed by atoms with Crippen LogP contribution in [0.2, 0.25) is 0 Å². The molecule has 1 aromatic heterocycles. The van der Waals surface area contributed by atoms with E-state index in [4.69, 9.17) is 0 Å². The minimum atomic E-state index is -0.00643. The number of nitriles is 1. The van der Waals surface area contributed by atoms with Gasteiger partial charge in [0.15, 0.2) is 0 Å². The van der Waals surface area contributed by atoms with Crippen molar-refractivity contribution in [3.63, 3.8) is 0 Å². The summed E-state index contributed by atoms with van der Waals surface area (Å²) >= 11 is 1.53. The van der Waals surface area contributed by atoms with Crippen molar-refractivity contribution in [2.45, 2.75) is 33.2 Å². The molecule has 2 rings (SSSR count). The average molecular weight is 263 g/mol. The summed E-state index contributed by atoms with van der Waals surface area (Å²) in [6.07, 6.45) is 1.36. The average Bonchev–Trinajstić information content (AvgIpc) is 2.64. The number of nitrogens with zero attached hydrogens (tertiary/aromatic N) is 1. The normalized spacial score (nSPS) is 14.1. The minimum Gasteiger partial charge on any atom is -0.317 e. The van der Waals surface area contributed by atoms with Gasteiger partial charge in [-0.05, 0) is 24.4 Å². The van der Waals surface area contributed by atoms with Gasteiger partial charge in [-0.25, -0.2) is 0 Å². The van der Waals surface area contributed by atoms with E-state index in [2.05, 4.69) is 16.7 Å². The van der Waals surface area contributed by atoms with Gasteiger partial charge in [0.25, 0.3) is 0 Å². The first-order valence-corrected chi connectivity index (χ1v) is 6.98. The number of fused-ring (bicyclic) bond motifs is 1. The van der Waals surface area contributed by atoms with Crippen LogP contribution in [0.5, 0.6) is 0 Å². The number of nitrogens with one attached hydrogen (secondary N) is 2. The molecule has 0 saturated carbocycles. The molecule has 4 nitrogen and oxygen atoms in total. The molecule has 0 fully saturated rings. The van der Waals surface area contributed by atoms with Crippen molar-refractivity contribution in [2.24, 2.45) is 5.92 Å². The maximum Gasteiger partial charge on any atom is 0.225 e. The molecule has 1 aliphatic rings. The molecule has 1 amide bonds. The molecule has 1 aromatic rings. The molecule has 0 unspecified atom stereocenters. The summed E-state index contributed by atoms with van der Waals surface area (Å²) in [6.45, 7) is 5.72. The van der Waals surface area contributed by atoms with Gasteiger partial charge in [0.2, 0.25) is 5.91 Å². The van der Waals surface area contributed by atoms with Crippen molar-refractivity contribution in [3.05, 3.63) is 16.0 Å². The van der Waals surface area contributed by atoms with E-state index in [9.17, 15) is 10.1 Å². The van der Waals surface area contributed by atoms with Gasteiger partial charge in [0, 0.05) is 17.8 Å². The lowest BCUT2D eigenvalue weighted by Crippen LogP contribution is -2.22. The second-order valence-electron chi connectivity index (χ2n) is 4.89. The monoisotopic (exact) mass is 263 g/mol. The van der Waals surface area contributed by atoms with Gasteiger partial charge >= 0.3 is 0 Å². The minimum absolute atomic E-state index is 0.00643. The second-order valence-corrected chi connectivity index (χ2v) is 6.00. The molecule has 0 saturated heterocycles. The standard InChI is InChI=1S/C13H17N3OS/c1-8(2)5-12(17)16-13-10(6-14)9-3-4-15-7-11(9)18-13/h8,15H,3-5,7H2,1-2H3,(H,16,17). The van der Waals surface area contributed by atoms with E-state index in [1.165, 1.54) is 16.2 Å². The van der Waals surface area contributed by atoms with E-state index in [0.29, 0.717) is 17.9 Å². The zero-order valence-electron chi connectivity index (χ0n) is 10.7. The van der Waals surface area contributed by atoms with Gasteiger partial charge < -0.3 is 10.6 Å². The van der Waals surface area contributed by atoms with E-state index >= 15 is 0 Å². The predicted molar refractivity (Wildman–Crippen MR) is 72.5 cm³/mol. The summed E-state index contributed by atoms with van der Waals surface area (Å²) in [4.78, 5) is 13.0. The molecule has 0 spiro atoms. The van der Waals surface area contributed by atoms with Crippen molar-refractivity contribution in [2.75, 3.05) is 11.9 Å².